The predicted octanol–water partition coefficient (Wildman–Crippen LogP) is 1.56. The van der Waals surface area contributed by atoms with Gasteiger partial charge in [-0.15, -0.1) is 0 Å². The molecule has 0 bridgehead atoms. The fourth-order valence-electron chi connectivity index (χ4n) is 2.21. The highest BCUT2D eigenvalue weighted by Crippen LogP contribution is 2.21. The number of nitrogens with two attached hydrogens (primary N) is 1. The van der Waals surface area contributed by atoms with E-state index in [1.165, 1.54) is 0 Å². The van der Waals surface area contributed by atoms with Gasteiger partial charge in [-0.1, -0.05) is 0 Å². The molecule has 1 aromatic heterocycles. The third kappa shape index (κ3) is 2.51. The van der Waals surface area contributed by atoms with Gasteiger partial charge in [-0.2, -0.15) is 0 Å². The number of carbonyl (C=O) groups excluding carboxylic acids is 1. The number of nitrogen functional groups attached to an aromatic ring is 1. The summed E-state index contributed by atoms with van der Waals surface area (Å²) in [6.45, 7) is 7.32. The minimum Gasteiger partial charge on any atom is -0.397 e. The molecule has 1 saturated heterocycles. The van der Waals surface area contributed by atoms with Crippen LogP contribution in [0.3, 0.4) is 0 Å². The highest BCUT2D eigenvalue weighted by atomic mass is 16.5. The van der Waals surface area contributed by atoms with Crippen molar-refractivity contribution >= 4 is 11.6 Å². The fourth-order valence-corrected chi connectivity index (χ4v) is 2.21. The van der Waals surface area contributed by atoms with E-state index in [1.54, 1.807) is 12.3 Å². The molecule has 100 valence electrons. The standard InChI is InChI=1S/C13H21N3O2/c1-9(2)16-7-10(14)6-11(16)12(17)15-13(3)4-5-18-8-13/h6-7,9H,4-5,8,14H2,1-3H3,(H,15,17). The molecular formula is C13H21N3O2. The van der Waals surface area contributed by atoms with Crippen molar-refractivity contribution in [3.63, 3.8) is 0 Å². The summed E-state index contributed by atoms with van der Waals surface area (Å²) in [5, 5.41) is 3.04. The van der Waals surface area contributed by atoms with Gasteiger partial charge in [-0.25, -0.2) is 0 Å². The first kappa shape index (κ1) is 13.0. The molecule has 2 heterocycles. The summed E-state index contributed by atoms with van der Waals surface area (Å²) in [6.07, 6.45) is 2.64. The maximum absolute atomic E-state index is 12.3. The first-order chi connectivity index (χ1) is 8.41. The average Bonchev–Trinajstić information content (AvgIpc) is 2.85. The van der Waals surface area contributed by atoms with Crippen molar-refractivity contribution in [3.05, 3.63) is 18.0 Å². The quantitative estimate of drug-likeness (QED) is 0.856. The van der Waals surface area contributed by atoms with Crippen LogP contribution in [0.15, 0.2) is 12.3 Å². The van der Waals surface area contributed by atoms with Crippen LogP contribution < -0.4 is 11.1 Å². The van der Waals surface area contributed by atoms with Crippen LogP contribution in [0.4, 0.5) is 5.69 Å². The van der Waals surface area contributed by atoms with Gasteiger partial charge in [0.2, 0.25) is 0 Å². The Balaban J connectivity index is 2.18. The zero-order chi connectivity index (χ0) is 13.3. The Morgan fingerprint density at radius 2 is 2.33 bits per heavy atom. The number of amides is 1. The molecule has 0 spiro atoms. The summed E-state index contributed by atoms with van der Waals surface area (Å²) < 4.78 is 7.23. The molecule has 1 aromatic rings. The maximum Gasteiger partial charge on any atom is 0.268 e. The summed E-state index contributed by atoms with van der Waals surface area (Å²) in [7, 11) is 0. The molecule has 1 fully saturated rings. The number of anilines is 1. The fraction of sp³-hybridized carbons (Fsp3) is 0.615. The Bertz CT molecular complexity index is 445. The van der Waals surface area contributed by atoms with Crippen LogP contribution >= 0.6 is 0 Å². The summed E-state index contributed by atoms with van der Waals surface area (Å²) >= 11 is 0. The Kier molecular flexibility index (Phi) is 3.34. The number of rotatable bonds is 3. The molecule has 0 radical (unpaired) electrons. The number of hydrogen-bond acceptors (Lipinski definition) is 3. The van der Waals surface area contributed by atoms with Gasteiger partial charge in [0.15, 0.2) is 0 Å². The molecule has 2 rings (SSSR count). The molecule has 0 saturated carbocycles. The Hall–Kier alpha value is -1.49. The number of hydrogen-bond donors (Lipinski definition) is 2. The van der Waals surface area contributed by atoms with Crippen LogP contribution in [-0.2, 0) is 4.74 Å². The Labute approximate surface area is 107 Å². The van der Waals surface area contributed by atoms with Crippen LogP contribution in [0, 0.1) is 0 Å². The maximum atomic E-state index is 12.3. The molecule has 5 nitrogen and oxygen atoms in total. The largest absolute Gasteiger partial charge is 0.397 e. The van der Waals surface area contributed by atoms with E-state index in [-0.39, 0.29) is 17.5 Å². The van der Waals surface area contributed by atoms with Gasteiger partial charge in [0.25, 0.3) is 5.91 Å². The molecule has 5 heteroatoms. The highest BCUT2D eigenvalue weighted by molar-refractivity contribution is 5.94. The Morgan fingerprint density at radius 1 is 1.61 bits per heavy atom. The normalized spacial score (nSPS) is 23.6. The minimum absolute atomic E-state index is 0.0894. The van der Waals surface area contributed by atoms with Crippen molar-refractivity contribution in [3.8, 4) is 0 Å². The summed E-state index contributed by atoms with van der Waals surface area (Å²) in [5.41, 5.74) is 6.72. The van der Waals surface area contributed by atoms with Gasteiger partial charge in [0.1, 0.15) is 5.69 Å². The van der Waals surface area contributed by atoms with E-state index in [2.05, 4.69) is 5.32 Å². The molecule has 1 unspecified atom stereocenters. The zero-order valence-electron chi connectivity index (χ0n) is 11.2. The third-order valence-corrected chi connectivity index (χ3v) is 3.29. The highest BCUT2D eigenvalue weighted by Gasteiger charge is 2.32. The molecule has 1 atom stereocenters. The molecule has 0 aromatic carbocycles. The van der Waals surface area contributed by atoms with Gasteiger partial charge in [-0.05, 0) is 33.3 Å². The lowest BCUT2D eigenvalue weighted by Gasteiger charge is -2.24. The predicted molar refractivity (Wildman–Crippen MR) is 70.5 cm³/mol. The monoisotopic (exact) mass is 251 g/mol. The first-order valence-corrected chi connectivity index (χ1v) is 6.29. The second-order valence-electron chi connectivity index (χ2n) is 5.48. The topological polar surface area (TPSA) is 69.3 Å². The summed E-state index contributed by atoms with van der Waals surface area (Å²) in [6, 6.07) is 1.92. The number of carbonyl (C=O) groups is 1. The van der Waals surface area contributed by atoms with Crippen LogP contribution in [0.5, 0.6) is 0 Å². The lowest BCUT2D eigenvalue weighted by Crippen LogP contribution is -2.47. The van der Waals surface area contributed by atoms with E-state index in [0.717, 1.165) is 6.42 Å². The average molecular weight is 251 g/mol. The number of ether oxygens (including phenoxy) is 1. The summed E-state index contributed by atoms with van der Waals surface area (Å²) in [4.78, 5) is 12.3. The molecule has 18 heavy (non-hydrogen) atoms. The molecule has 3 N–H and O–H groups in total. The van der Waals surface area contributed by atoms with Gasteiger partial charge in [0.05, 0.1) is 17.8 Å². The van der Waals surface area contributed by atoms with Crippen molar-refractivity contribution in [1.29, 1.82) is 0 Å². The number of nitrogens with one attached hydrogen (secondary N) is 1. The lowest BCUT2D eigenvalue weighted by atomic mass is 10.0. The van der Waals surface area contributed by atoms with Crippen molar-refractivity contribution in [2.75, 3.05) is 18.9 Å². The van der Waals surface area contributed by atoms with Crippen LogP contribution in [0.1, 0.15) is 43.7 Å². The number of aromatic nitrogens is 1. The number of nitrogens with zero attached hydrogens (tertiary/aromatic N) is 1. The van der Waals surface area contributed by atoms with Crippen molar-refractivity contribution in [2.45, 2.75) is 38.8 Å². The zero-order valence-corrected chi connectivity index (χ0v) is 11.2. The molecular weight excluding hydrogens is 230 g/mol. The van der Waals surface area contributed by atoms with Crippen LogP contribution in [0.2, 0.25) is 0 Å². The van der Waals surface area contributed by atoms with Gasteiger partial charge >= 0.3 is 0 Å². The first-order valence-electron chi connectivity index (χ1n) is 6.29. The Morgan fingerprint density at radius 3 is 2.89 bits per heavy atom. The molecule has 1 amide bonds. The van der Waals surface area contributed by atoms with Crippen molar-refractivity contribution < 1.29 is 9.53 Å². The molecule has 0 aliphatic carbocycles. The van der Waals surface area contributed by atoms with E-state index in [4.69, 9.17) is 10.5 Å². The van der Waals surface area contributed by atoms with E-state index >= 15 is 0 Å². The van der Waals surface area contributed by atoms with E-state index in [9.17, 15) is 4.79 Å². The lowest BCUT2D eigenvalue weighted by molar-refractivity contribution is 0.0879. The molecule has 1 aliphatic rings. The second-order valence-corrected chi connectivity index (χ2v) is 5.48. The van der Waals surface area contributed by atoms with E-state index in [0.29, 0.717) is 24.6 Å². The second kappa shape index (κ2) is 4.65. The van der Waals surface area contributed by atoms with Crippen LogP contribution in [0.25, 0.3) is 0 Å². The smallest absolute Gasteiger partial charge is 0.268 e. The SMILES string of the molecule is CC(C)n1cc(N)cc1C(=O)NC1(C)CCOC1. The van der Waals surface area contributed by atoms with Crippen LogP contribution in [-0.4, -0.2) is 29.2 Å². The third-order valence-electron chi connectivity index (χ3n) is 3.29. The van der Waals surface area contributed by atoms with E-state index < -0.39 is 0 Å². The van der Waals surface area contributed by atoms with Gasteiger partial charge in [0, 0.05) is 18.8 Å². The van der Waals surface area contributed by atoms with Gasteiger partial charge < -0.3 is 20.4 Å². The minimum atomic E-state index is -0.266. The van der Waals surface area contributed by atoms with Gasteiger partial charge in [-0.3, -0.25) is 4.79 Å². The van der Waals surface area contributed by atoms with Crippen molar-refractivity contribution in [2.24, 2.45) is 0 Å². The summed E-state index contributed by atoms with van der Waals surface area (Å²) in [5.74, 6) is -0.0894. The van der Waals surface area contributed by atoms with E-state index in [1.807, 2.05) is 25.3 Å². The van der Waals surface area contributed by atoms with Crippen molar-refractivity contribution in [1.82, 2.24) is 9.88 Å². The molecule has 1 aliphatic heterocycles.